The first-order chi connectivity index (χ1) is 9.67. The molecule has 2 aromatic rings. The molecule has 0 saturated heterocycles. The molecule has 1 N–H and O–H groups in total. The summed E-state index contributed by atoms with van der Waals surface area (Å²) >= 11 is 5.30. The molecule has 1 unspecified atom stereocenters. The summed E-state index contributed by atoms with van der Waals surface area (Å²) in [5, 5.41) is 3.33. The average Bonchev–Trinajstić information content (AvgIpc) is 3.00. The topological polar surface area (TPSA) is 12.0 Å². The number of hydrogen-bond acceptors (Lipinski definition) is 2. The van der Waals surface area contributed by atoms with Crippen LogP contribution in [0.3, 0.4) is 0 Å². The summed E-state index contributed by atoms with van der Waals surface area (Å²) in [6, 6.07) is 7.65. The third-order valence-electron chi connectivity index (χ3n) is 3.89. The van der Waals surface area contributed by atoms with E-state index in [1.54, 1.807) is 6.07 Å². The first-order valence-electron chi connectivity index (χ1n) is 6.90. The monoisotopic (exact) mass is 353 g/mol. The van der Waals surface area contributed by atoms with E-state index in [4.69, 9.17) is 0 Å². The Kier molecular flexibility index (Phi) is 4.24. The van der Waals surface area contributed by atoms with E-state index in [2.05, 4.69) is 27.3 Å². The molecule has 0 radical (unpaired) electrons. The second-order valence-electron chi connectivity index (χ2n) is 5.23. The lowest BCUT2D eigenvalue weighted by Gasteiger charge is -2.15. The van der Waals surface area contributed by atoms with Gasteiger partial charge in [0, 0.05) is 20.3 Å². The van der Waals surface area contributed by atoms with Gasteiger partial charge in [0.1, 0.15) is 5.82 Å². The second kappa shape index (κ2) is 5.96. The molecule has 1 heterocycles. The summed E-state index contributed by atoms with van der Waals surface area (Å²) in [6.45, 7) is 0. The molecular formula is C16H17BrFNS. The summed E-state index contributed by atoms with van der Waals surface area (Å²) in [5.41, 5.74) is 2.26. The van der Waals surface area contributed by atoms with Crippen LogP contribution in [0.15, 0.2) is 28.7 Å². The van der Waals surface area contributed by atoms with Crippen molar-refractivity contribution in [3.05, 3.63) is 55.4 Å². The number of rotatable bonds is 4. The zero-order valence-electron chi connectivity index (χ0n) is 11.4. The van der Waals surface area contributed by atoms with Gasteiger partial charge in [0.05, 0.1) is 0 Å². The quantitative estimate of drug-likeness (QED) is 0.843. The van der Waals surface area contributed by atoms with Crippen LogP contribution in [0, 0.1) is 5.82 Å². The lowest BCUT2D eigenvalue weighted by molar-refractivity contribution is 0.559. The van der Waals surface area contributed by atoms with E-state index in [1.165, 1.54) is 40.6 Å². The Hall–Kier alpha value is -0.710. The van der Waals surface area contributed by atoms with Crippen molar-refractivity contribution in [2.24, 2.45) is 0 Å². The number of hydrogen-bond donors (Lipinski definition) is 1. The molecule has 0 amide bonds. The van der Waals surface area contributed by atoms with Gasteiger partial charge in [0.25, 0.3) is 0 Å². The van der Waals surface area contributed by atoms with Gasteiger partial charge in [-0.2, -0.15) is 0 Å². The maximum Gasteiger partial charge on any atom is 0.126 e. The van der Waals surface area contributed by atoms with E-state index >= 15 is 0 Å². The van der Waals surface area contributed by atoms with Crippen LogP contribution in [-0.4, -0.2) is 7.05 Å². The molecule has 0 bridgehead atoms. The summed E-state index contributed by atoms with van der Waals surface area (Å²) in [4.78, 5) is 2.85. The molecule has 20 heavy (non-hydrogen) atoms. The van der Waals surface area contributed by atoms with Gasteiger partial charge in [0.2, 0.25) is 0 Å². The molecular weight excluding hydrogens is 337 g/mol. The minimum absolute atomic E-state index is 0.127. The van der Waals surface area contributed by atoms with Crippen LogP contribution in [0.2, 0.25) is 0 Å². The van der Waals surface area contributed by atoms with Gasteiger partial charge in [-0.3, -0.25) is 0 Å². The fraction of sp³-hybridized carbons (Fsp3) is 0.375. The Morgan fingerprint density at radius 1 is 1.35 bits per heavy atom. The highest BCUT2D eigenvalue weighted by molar-refractivity contribution is 9.10. The molecule has 1 aromatic carbocycles. The fourth-order valence-corrected chi connectivity index (χ4v) is 4.56. The van der Waals surface area contributed by atoms with Gasteiger partial charge in [-0.1, -0.05) is 15.9 Å². The van der Waals surface area contributed by atoms with Crippen molar-refractivity contribution in [2.45, 2.75) is 31.7 Å². The van der Waals surface area contributed by atoms with Crippen LogP contribution in [0.4, 0.5) is 4.39 Å². The van der Waals surface area contributed by atoms with E-state index in [0.717, 1.165) is 10.0 Å². The van der Waals surface area contributed by atoms with Crippen molar-refractivity contribution in [3.63, 3.8) is 0 Å². The lowest BCUT2D eigenvalue weighted by atomic mass is 10.0. The fourth-order valence-electron chi connectivity index (χ4n) is 2.79. The normalized spacial score (nSPS) is 15.3. The molecule has 4 heteroatoms. The molecule has 3 rings (SSSR count). The maximum atomic E-state index is 13.9. The smallest absolute Gasteiger partial charge is 0.126 e. The zero-order chi connectivity index (χ0) is 14.1. The molecule has 0 saturated carbocycles. The van der Waals surface area contributed by atoms with Crippen molar-refractivity contribution in [2.75, 3.05) is 7.05 Å². The molecule has 1 aromatic heterocycles. The number of benzene rings is 1. The van der Waals surface area contributed by atoms with Crippen LogP contribution in [0.5, 0.6) is 0 Å². The molecule has 1 nitrogen and oxygen atoms in total. The predicted molar refractivity (Wildman–Crippen MR) is 85.9 cm³/mol. The van der Waals surface area contributed by atoms with Crippen LogP contribution in [0.25, 0.3) is 0 Å². The molecule has 1 aliphatic carbocycles. The van der Waals surface area contributed by atoms with E-state index in [-0.39, 0.29) is 11.9 Å². The Labute approximate surface area is 131 Å². The van der Waals surface area contributed by atoms with Gasteiger partial charge in [-0.05, 0) is 68.1 Å². The predicted octanol–water partition coefficient (Wildman–Crippen LogP) is 4.64. The van der Waals surface area contributed by atoms with Crippen LogP contribution in [0.1, 0.15) is 33.3 Å². The van der Waals surface area contributed by atoms with Crippen molar-refractivity contribution in [1.29, 1.82) is 0 Å². The van der Waals surface area contributed by atoms with Crippen molar-refractivity contribution < 1.29 is 4.39 Å². The van der Waals surface area contributed by atoms with E-state index in [1.807, 2.05) is 24.5 Å². The van der Waals surface area contributed by atoms with Crippen molar-refractivity contribution >= 4 is 27.3 Å². The number of likely N-dealkylation sites (N-methyl/N-ethyl adjacent to an activating group) is 1. The highest BCUT2D eigenvalue weighted by atomic mass is 79.9. The first-order valence-corrected chi connectivity index (χ1v) is 8.51. The maximum absolute atomic E-state index is 13.9. The summed E-state index contributed by atoms with van der Waals surface area (Å²) < 4.78 is 14.8. The summed E-state index contributed by atoms with van der Waals surface area (Å²) in [6.07, 6.45) is 4.38. The van der Waals surface area contributed by atoms with E-state index < -0.39 is 0 Å². The van der Waals surface area contributed by atoms with Crippen LogP contribution >= 0.6 is 27.3 Å². The van der Waals surface area contributed by atoms with Gasteiger partial charge in [-0.25, -0.2) is 4.39 Å². The molecule has 0 fully saturated rings. The van der Waals surface area contributed by atoms with E-state index in [9.17, 15) is 4.39 Å². The highest BCUT2D eigenvalue weighted by Gasteiger charge is 2.20. The number of aryl methyl sites for hydroxylation is 2. The highest BCUT2D eigenvalue weighted by Crippen LogP contribution is 2.35. The van der Waals surface area contributed by atoms with E-state index in [0.29, 0.717) is 6.42 Å². The summed E-state index contributed by atoms with van der Waals surface area (Å²) in [5.74, 6) is -0.127. The molecule has 1 aliphatic rings. The molecule has 1 atom stereocenters. The Balaban J connectivity index is 1.84. The van der Waals surface area contributed by atoms with Crippen LogP contribution < -0.4 is 5.32 Å². The standard InChI is InChI=1S/C16H17BrFNS/c1-19-14(8-11-7-12(17)5-6-13(11)18)16-9-10-3-2-4-15(10)20-16/h5-7,9,14,19H,2-4,8H2,1H3. The minimum Gasteiger partial charge on any atom is -0.312 e. The minimum atomic E-state index is -0.127. The number of fused-ring (bicyclic) bond motifs is 1. The summed E-state index contributed by atoms with van der Waals surface area (Å²) in [7, 11) is 1.95. The van der Waals surface area contributed by atoms with Crippen molar-refractivity contribution in [1.82, 2.24) is 5.32 Å². The Bertz CT molecular complexity index is 601. The number of nitrogens with one attached hydrogen (secondary N) is 1. The first kappa shape index (κ1) is 14.2. The van der Waals surface area contributed by atoms with Gasteiger partial charge in [-0.15, -0.1) is 11.3 Å². The van der Waals surface area contributed by atoms with Crippen molar-refractivity contribution in [3.8, 4) is 0 Å². The van der Waals surface area contributed by atoms with Gasteiger partial charge < -0.3 is 5.32 Å². The Morgan fingerprint density at radius 2 is 2.20 bits per heavy atom. The SMILES string of the molecule is CNC(Cc1cc(Br)ccc1F)c1cc2c(s1)CCC2. The third-order valence-corrected chi connectivity index (χ3v) is 5.73. The largest absolute Gasteiger partial charge is 0.312 e. The Morgan fingerprint density at radius 3 is 2.95 bits per heavy atom. The van der Waals surface area contributed by atoms with Gasteiger partial charge >= 0.3 is 0 Å². The molecule has 0 aliphatic heterocycles. The lowest BCUT2D eigenvalue weighted by Crippen LogP contribution is -2.18. The van der Waals surface area contributed by atoms with Gasteiger partial charge in [0.15, 0.2) is 0 Å². The number of halogens is 2. The zero-order valence-corrected chi connectivity index (χ0v) is 13.8. The third kappa shape index (κ3) is 2.83. The average molecular weight is 354 g/mol. The number of thiophene rings is 1. The molecule has 106 valence electrons. The molecule has 0 spiro atoms. The second-order valence-corrected chi connectivity index (χ2v) is 7.32. The van der Waals surface area contributed by atoms with Crippen LogP contribution in [-0.2, 0) is 19.3 Å².